The molecule has 3 heterocycles. The second-order valence-electron chi connectivity index (χ2n) is 14.4. The summed E-state index contributed by atoms with van der Waals surface area (Å²) in [4.78, 5) is 28.6. The van der Waals surface area contributed by atoms with E-state index < -0.39 is 0 Å². The average Bonchev–Trinajstić information content (AvgIpc) is 3.56. The fourth-order valence-corrected chi connectivity index (χ4v) is 7.05. The van der Waals surface area contributed by atoms with Crippen molar-refractivity contribution in [2.24, 2.45) is 5.92 Å². The summed E-state index contributed by atoms with van der Waals surface area (Å²) in [5.41, 5.74) is 7.30. The summed E-state index contributed by atoms with van der Waals surface area (Å²) in [5.74, 6) is 1.51. The molecular formula is C39H47N5O2. The third-order valence-corrected chi connectivity index (χ3v) is 9.60. The highest BCUT2D eigenvalue weighted by Gasteiger charge is 2.42. The van der Waals surface area contributed by atoms with Crippen LogP contribution in [0.5, 0.6) is 0 Å². The normalized spacial score (nSPS) is 19.2. The van der Waals surface area contributed by atoms with Crippen LogP contribution in [0.25, 0.3) is 5.69 Å². The number of amides is 3. The Bertz CT molecular complexity index is 1650. The van der Waals surface area contributed by atoms with Crippen LogP contribution in [0.3, 0.4) is 0 Å². The number of hydrogen-bond acceptors (Lipinski definition) is 3. The van der Waals surface area contributed by atoms with E-state index in [1.807, 2.05) is 42.5 Å². The SMILES string of the molecule is Cc1ccc(CCC(=O)N2C3CCC2CC(Cc2ccc(NC(=O)Nc4cc(C(C)(C)C)nn4-c4ccc(C)cc4)cc2)C3)cc1. The lowest BCUT2D eigenvalue weighted by Gasteiger charge is -2.39. The van der Waals surface area contributed by atoms with E-state index in [0.717, 1.165) is 55.6 Å². The maximum absolute atomic E-state index is 13.2. The molecule has 7 nitrogen and oxygen atoms in total. The molecule has 0 aliphatic carbocycles. The Balaban J connectivity index is 1.03. The van der Waals surface area contributed by atoms with Crippen molar-refractivity contribution in [3.05, 3.63) is 107 Å². The molecule has 6 rings (SSSR count). The van der Waals surface area contributed by atoms with Crippen LogP contribution in [0.15, 0.2) is 78.9 Å². The van der Waals surface area contributed by atoms with E-state index in [0.29, 0.717) is 36.1 Å². The van der Waals surface area contributed by atoms with Gasteiger partial charge in [0, 0.05) is 35.7 Å². The van der Waals surface area contributed by atoms with Gasteiger partial charge < -0.3 is 10.2 Å². The van der Waals surface area contributed by atoms with E-state index in [1.54, 1.807) is 4.68 Å². The fraction of sp³-hybridized carbons (Fsp3) is 0.410. The number of nitrogens with zero attached hydrogens (tertiary/aromatic N) is 3. The molecule has 4 aromatic rings. The van der Waals surface area contributed by atoms with E-state index in [9.17, 15) is 9.59 Å². The minimum Gasteiger partial charge on any atom is -0.337 e. The molecule has 2 unspecified atom stereocenters. The van der Waals surface area contributed by atoms with Gasteiger partial charge in [0.15, 0.2) is 0 Å². The summed E-state index contributed by atoms with van der Waals surface area (Å²) >= 11 is 0. The van der Waals surface area contributed by atoms with Crippen LogP contribution in [0, 0.1) is 19.8 Å². The maximum Gasteiger partial charge on any atom is 0.324 e. The predicted molar refractivity (Wildman–Crippen MR) is 186 cm³/mol. The summed E-state index contributed by atoms with van der Waals surface area (Å²) in [6, 6.07) is 27.2. The van der Waals surface area contributed by atoms with Crippen molar-refractivity contribution in [3.63, 3.8) is 0 Å². The van der Waals surface area contributed by atoms with Crippen molar-refractivity contribution in [2.75, 3.05) is 10.6 Å². The monoisotopic (exact) mass is 617 g/mol. The number of carbonyl (C=O) groups is 2. The van der Waals surface area contributed by atoms with Gasteiger partial charge in [-0.15, -0.1) is 0 Å². The number of benzene rings is 3. The molecule has 46 heavy (non-hydrogen) atoms. The molecule has 1 aromatic heterocycles. The highest BCUT2D eigenvalue weighted by Crippen LogP contribution is 2.40. The van der Waals surface area contributed by atoms with E-state index in [2.05, 4.69) is 86.6 Å². The van der Waals surface area contributed by atoms with E-state index in [-0.39, 0.29) is 11.4 Å². The Morgan fingerprint density at radius 3 is 2.00 bits per heavy atom. The van der Waals surface area contributed by atoms with Crippen LogP contribution in [0.2, 0.25) is 0 Å². The van der Waals surface area contributed by atoms with Gasteiger partial charge in [-0.3, -0.25) is 10.1 Å². The summed E-state index contributed by atoms with van der Waals surface area (Å²) in [6.45, 7) is 10.5. The van der Waals surface area contributed by atoms with Crippen molar-refractivity contribution >= 4 is 23.4 Å². The van der Waals surface area contributed by atoms with Crippen molar-refractivity contribution in [1.82, 2.24) is 14.7 Å². The number of anilines is 2. The van der Waals surface area contributed by atoms with Gasteiger partial charge >= 0.3 is 6.03 Å². The summed E-state index contributed by atoms with van der Waals surface area (Å²) in [6.07, 6.45) is 6.78. The molecule has 0 saturated carbocycles. The third-order valence-electron chi connectivity index (χ3n) is 9.60. The Morgan fingerprint density at radius 1 is 0.804 bits per heavy atom. The zero-order valence-electron chi connectivity index (χ0n) is 27.8. The van der Waals surface area contributed by atoms with Crippen LogP contribution >= 0.6 is 0 Å². The molecule has 240 valence electrons. The molecule has 3 amide bonds. The first-order valence-corrected chi connectivity index (χ1v) is 16.7. The number of aryl methyl sites for hydroxylation is 3. The Hall–Kier alpha value is -4.39. The lowest BCUT2D eigenvalue weighted by molar-refractivity contribution is -0.136. The highest BCUT2D eigenvalue weighted by atomic mass is 16.2. The largest absolute Gasteiger partial charge is 0.337 e. The van der Waals surface area contributed by atoms with Crippen LogP contribution in [0.1, 0.15) is 80.8 Å². The van der Waals surface area contributed by atoms with Gasteiger partial charge in [-0.1, -0.05) is 80.4 Å². The molecule has 0 spiro atoms. The molecule has 7 heteroatoms. The van der Waals surface area contributed by atoms with Crippen LogP contribution < -0.4 is 10.6 Å². The number of urea groups is 1. The third kappa shape index (κ3) is 7.35. The lowest BCUT2D eigenvalue weighted by Crippen LogP contribution is -2.47. The van der Waals surface area contributed by atoms with Crippen LogP contribution in [-0.4, -0.2) is 38.7 Å². The molecule has 2 bridgehead atoms. The van der Waals surface area contributed by atoms with E-state index in [4.69, 9.17) is 5.10 Å². The summed E-state index contributed by atoms with van der Waals surface area (Å²) in [7, 11) is 0. The van der Waals surface area contributed by atoms with Crippen molar-refractivity contribution in [2.45, 2.75) is 97.1 Å². The smallest absolute Gasteiger partial charge is 0.324 e. The lowest BCUT2D eigenvalue weighted by atomic mass is 9.85. The molecule has 2 N–H and O–H groups in total. The zero-order valence-corrected chi connectivity index (χ0v) is 27.8. The maximum atomic E-state index is 13.2. The average molecular weight is 618 g/mol. The number of carbonyl (C=O) groups excluding carboxylic acids is 2. The fourth-order valence-electron chi connectivity index (χ4n) is 7.05. The first kappa shape index (κ1) is 31.6. The van der Waals surface area contributed by atoms with Gasteiger partial charge in [-0.05, 0) is 93.7 Å². The molecule has 3 aromatic carbocycles. The summed E-state index contributed by atoms with van der Waals surface area (Å²) < 4.78 is 1.79. The van der Waals surface area contributed by atoms with Gasteiger partial charge in [-0.2, -0.15) is 5.10 Å². The number of hydrogen-bond donors (Lipinski definition) is 2. The van der Waals surface area contributed by atoms with Crippen molar-refractivity contribution in [3.8, 4) is 5.69 Å². The van der Waals surface area contributed by atoms with Crippen LogP contribution in [0.4, 0.5) is 16.3 Å². The topological polar surface area (TPSA) is 79.3 Å². The molecule has 2 aliphatic rings. The second-order valence-corrected chi connectivity index (χ2v) is 14.4. The first-order chi connectivity index (χ1) is 22.0. The first-order valence-electron chi connectivity index (χ1n) is 16.7. The van der Waals surface area contributed by atoms with Gasteiger partial charge in [0.25, 0.3) is 0 Å². The van der Waals surface area contributed by atoms with E-state index >= 15 is 0 Å². The van der Waals surface area contributed by atoms with Crippen molar-refractivity contribution in [1.29, 1.82) is 0 Å². The van der Waals surface area contributed by atoms with Crippen LogP contribution in [-0.2, 0) is 23.1 Å². The highest BCUT2D eigenvalue weighted by molar-refractivity contribution is 5.99. The summed E-state index contributed by atoms with van der Waals surface area (Å²) in [5, 5.41) is 10.8. The molecule has 2 aliphatic heterocycles. The predicted octanol–water partition coefficient (Wildman–Crippen LogP) is 8.38. The Kier molecular flexibility index (Phi) is 9.03. The number of rotatable bonds is 8. The van der Waals surface area contributed by atoms with Gasteiger partial charge in [0.05, 0.1) is 11.4 Å². The zero-order chi connectivity index (χ0) is 32.4. The van der Waals surface area contributed by atoms with Gasteiger partial charge in [-0.25, -0.2) is 9.48 Å². The second kappa shape index (κ2) is 13.1. The van der Waals surface area contributed by atoms with Gasteiger partial charge in [0.2, 0.25) is 5.91 Å². The van der Waals surface area contributed by atoms with Crippen molar-refractivity contribution < 1.29 is 9.59 Å². The number of piperidine rings is 1. The number of nitrogens with one attached hydrogen (secondary N) is 2. The Labute approximate surface area is 273 Å². The minimum absolute atomic E-state index is 0.161. The van der Waals surface area contributed by atoms with E-state index in [1.165, 1.54) is 22.3 Å². The van der Waals surface area contributed by atoms with Gasteiger partial charge in [0.1, 0.15) is 5.82 Å². The molecule has 0 radical (unpaired) electrons. The standard InChI is InChI=1S/C39H47N5O2/c1-26-6-10-28(11-7-26)14-21-37(45)43-33-19-20-34(43)24-30(23-33)22-29-12-15-31(16-13-29)40-38(46)41-36-25-35(39(3,4)5)42-44(36)32-17-8-27(2)9-18-32/h6-13,15-18,25,30,33-34H,14,19-24H2,1-5H3,(H2,40,41,46). The minimum atomic E-state index is -0.308. The molecule has 2 atom stereocenters. The number of fused-ring (bicyclic) bond motifs is 2. The molecular weight excluding hydrogens is 570 g/mol. The molecule has 2 fully saturated rings. The Morgan fingerprint density at radius 2 is 1.39 bits per heavy atom. The quantitative estimate of drug-likeness (QED) is 0.208. The number of aromatic nitrogens is 2. The molecule has 2 saturated heterocycles.